The Kier molecular flexibility index (Phi) is 10.1. The van der Waals surface area contributed by atoms with E-state index in [1.165, 1.54) is 24.1 Å². The molecule has 232 valence electrons. The van der Waals surface area contributed by atoms with E-state index in [-0.39, 0.29) is 36.8 Å². The maximum Gasteiger partial charge on any atom is 0.416 e. The van der Waals surface area contributed by atoms with Gasteiger partial charge >= 0.3 is 6.09 Å². The van der Waals surface area contributed by atoms with Gasteiger partial charge < -0.3 is 19.5 Å². The number of nitrogens with one attached hydrogen (secondary N) is 1. The number of cyclic esters (lactones) is 1. The highest BCUT2D eigenvalue weighted by Crippen LogP contribution is 2.27. The van der Waals surface area contributed by atoms with Crippen LogP contribution in [0.15, 0.2) is 97.1 Å². The van der Waals surface area contributed by atoms with E-state index in [0.717, 1.165) is 16.7 Å². The van der Waals surface area contributed by atoms with Gasteiger partial charge in [-0.3, -0.25) is 9.59 Å². The van der Waals surface area contributed by atoms with Crippen LogP contribution in [0.5, 0.6) is 17.2 Å². The molecule has 0 unspecified atom stereocenters. The van der Waals surface area contributed by atoms with Crippen molar-refractivity contribution in [2.45, 2.75) is 38.8 Å². The monoisotopic (exact) mass is 610 g/mol. The first kappa shape index (κ1) is 31.3. The lowest BCUT2D eigenvalue weighted by atomic mass is 9.93. The second kappa shape index (κ2) is 14.5. The summed E-state index contributed by atoms with van der Waals surface area (Å²) in [7, 11) is 1.50. The van der Waals surface area contributed by atoms with Crippen molar-refractivity contribution in [2.75, 3.05) is 13.7 Å². The number of nitrogens with zero attached hydrogens (tertiary/aromatic N) is 1. The smallest absolute Gasteiger partial charge is 0.416 e. The lowest BCUT2D eigenvalue weighted by Gasteiger charge is -2.24. The first-order chi connectivity index (χ1) is 21.8. The number of hydrogen-bond acceptors (Lipinski definition) is 6. The van der Waals surface area contributed by atoms with E-state index in [2.05, 4.69) is 5.32 Å². The van der Waals surface area contributed by atoms with Gasteiger partial charge in [0.1, 0.15) is 29.7 Å². The predicted octanol–water partition coefficient (Wildman–Crippen LogP) is 6.72. The zero-order valence-electron chi connectivity index (χ0n) is 25.2. The Labute approximate surface area is 261 Å². The molecular formula is C36H35FN2O6. The van der Waals surface area contributed by atoms with Crippen molar-refractivity contribution in [3.8, 4) is 17.2 Å². The Morgan fingerprint density at radius 3 is 2.27 bits per heavy atom. The minimum absolute atomic E-state index is 0.159. The van der Waals surface area contributed by atoms with Crippen LogP contribution in [0.3, 0.4) is 0 Å². The highest BCUT2D eigenvalue weighted by atomic mass is 19.1. The Morgan fingerprint density at radius 1 is 0.933 bits per heavy atom. The van der Waals surface area contributed by atoms with Gasteiger partial charge in [0.2, 0.25) is 5.91 Å². The standard InChI is InChI=1S/C36H35FN2O6/c1-3-27(35(41)39-29(23-44-36(39)42)20-24-7-5-4-6-8-24)19-26-11-18-33(43-2)32(21-26)34(40)38-22-25-9-14-30(15-10-25)45-31-16-12-28(37)13-17-31/h4-18,21,27,29H,3,19-20,22-23H2,1-2H3,(H,38,40)/t27-,29-/m1/s1. The van der Waals surface area contributed by atoms with E-state index >= 15 is 0 Å². The minimum atomic E-state index is -0.621. The summed E-state index contributed by atoms with van der Waals surface area (Å²) in [5, 5.41) is 2.92. The largest absolute Gasteiger partial charge is 0.496 e. The summed E-state index contributed by atoms with van der Waals surface area (Å²) in [5.74, 6) is 0.0815. The molecule has 4 aromatic rings. The van der Waals surface area contributed by atoms with E-state index in [9.17, 15) is 18.8 Å². The Bertz CT molecular complexity index is 1630. The number of hydrogen-bond donors (Lipinski definition) is 1. The van der Waals surface area contributed by atoms with Crippen LogP contribution in [0, 0.1) is 11.7 Å². The van der Waals surface area contributed by atoms with Crippen LogP contribution >= 0.6 is 0 Å². The van der Waals surface area contributed by atoms with E-state index in [1.54, 1.807) is 36.4 Å². The molecule has 0 radical (unpaired) electrons. The number of rotatable bonds is 12. The summed E-state index contributed by atoms with van der Waals surface area (Å²) >= 11 is 0. The minimum Gasteiger partial charge on any atom is -0.496 e. The average molecular weight is 611 g/mol. The summed E-state index contributed by atoms with van der Waals surface area (Å²) in [6, 6.07) is 27.6. The molecule has 2 atom stereocenters. The topological polar surface area (TPSA) is 94.2 Å². The van der Waals surface area contributed by atoms with Crippen LogP contribution in [-0.4, -0.2) is 42.6 Å². The van der Waals surface area contributed by atoms with Crippen molar-refractivity contribution in [3.63, 3.8) is 0 Å². The molecule has 0 bridgehead atoms. The number of methoxy groups -OCH3 is 1. The van der Waals surface area contributed by atoms with Crippen molar-refractivity contribution in [1.82, 2.24) is 10.2 Å². The SMILES string of the molecule is CC[C@H](Cc1ccc(OC)c(C(=O)NCc2ccc(Oc3ccc(F)cc3)cc2)c1)C(=O)N1C(=O)OC[C@H]1Cc1ccccc1. The average Bonchev–Trinajstić information content (AvgIpc) is 3.43. The second-order valence-electron chi connectivity index (χ2n) is 10.9. The number of amides is 3. The van der Waals surface area contributed by atoms with Gasteiger partial charge in [0.25, 0.3) is 5.91 Å². The van der Waals surface area contributed by atoms with Crippen molar-refractivity contribution in [2.24, 2.45) is 5.92 Å². The van der Waals surface area contributed by atoms with E-state index in [1.807, 2.05) is 55.5 Å². The predicted molar refractivity (Wildman–Crippen MR) is 167 cm³/mol. The molecule has 1 aliphatic rings. The number of benzene rings is 4. The first-order valence-electron chi connectivity index (χ1n) is 14.9. The Balaban J connectivity index is 1.23. The summed E-state index contributed by atoms with van der Waals surface area (Å²) in [4.78, 5) is 40.8. The molecule has 45 heavy (non-hydrogen) atoms. The number of halogens is 1. The third-order valence-electron chi connectivity index (χ3n) is 7.77. The molecule has 3 amide bonds. The third-order valence-corrected chi connectivity index (χ3v) is 7.77. The van der Waals surface area contributed by atoms with Crippen LogP contribution in [0.2, 0.25) is 0 Å². The lowest BCUT2D eigenvalue weighted by Crippen LogP contribution is -2.44. The van der Waals surface area contributed by atoms with Gasteiger partial charge in [-0.05, 0) is 84.5 Å². The van der Waals surface area contributed by atoms with Crippen molar-refractivity contribution in [3.05, 3.63) is 125 Å². The quantitative estimate of drug-likeness (QED) is 0.192. The molecular weight excluding hydrogens is 575 g/mol. The number of carbonyl (C=O) groups excluding carboxylic acids is 3. The van der Waals surface area contributed by atoms with Crippen molar-refractivity contribution >= 4 is 17.9 Å². The first-order valence-corrected chi connectivity index (χ1v) is 14.9. The van der Waals surface area contributed by atoms with Crippen LogP contribution < -0.4 is 14.8 Å². The van der Waals surface area contributed by atoms with E-state index < -0.39 is 12.0 Å². The van der Waals surface area contributed by atoms with Gasteiger partial charge in [-0.15, -0.1) is 0 Å². The van der Waals surface area contributed by atoms with E-state index in [4.69, 9.17) is 14.2 Å². The fourth-order valence-electron chi connectivity index (χ4n) is 5.31. The molecule has 1 aliphatic heterocycles. The zero-order chi connectivity index (χ0) is 31.8. The molecule has 0 saturated carbocycles. The maximum atomic E-state index is 13.6. The highest BCUT2D eigenvalue weighted by Gasteiger charge is 2.40. The molecule has 0 aromatic heterocycles. The molecule has 5 rings (SSSR count). The van der Waals surface area contributed by atoms with Crippen LogP contribution in [0.25, 0.3) is 0 Å². The molecule has 1 heterocycles. The molecule has 1 saturated heterocycles. The van der Waals surface area contributed by atoms with Gasteiger partial charge in [0.05, 0.1) is 18.7 Å². The Morgan fingerprint density at radius 2 is 1.60 bits per heavy atom. The van der Waals surface area contributed by atoms with Crippen LogP contribution in [0.1, 0.15) is 40.4 Å². The number of imide groups is 1. The van der Waals surface area contributed by atoms with Gasteiger partial charge in [0.15, 0.2) is 0 Å². The normalized spacial score (nSPS) is 14.9. The molecule has 1 N–H and O–H groups in total. The van der Waals surface area contributed by atoms with Gasteiger partial charge in [-0.25, -0.2) is 14.1 Å². The Hall–Kier alpha value is -5.18. The maximum absolute atomic E-state index is 13.6. The van der Waals surface area contributed by atoms with Crippen molar-refractivity contribution < 1.29 is 33.0 Å². The second-order valence-corrected chi connectivity index (χ2v) is 10.9. The third kappa shape index (κ3) is 7.86. The number of ether oxygens (including phenoxy) is 3. The number of carbonyl (C=O) groups is 3. The van der Waals surface area contributed by atoms with Crippen LogP contribution in [-0.2, 0) is 28.9 Å². The summed E-state index contributed by atoms with van der Waals surface area (Å²) in [6.45, 7) is 2.33. The van der Waals surface area contributed by atoms with Gasteiger partial charge in [0, 0.05) is 12.5 Å². The van der Waals surface area contributed by atoms with E-state index in [0.29, 0.717) is 42.1 Å². The summed E-state index contributed by atoms with van der Waals surface area (Å²) < 4.78 is 29.6. The highest BCUT2D eigenvalue weighted by molar-refractivity contribution is 5.97. The molecule has 9 heteroatoms. The molecule has 4 aromatic carbocycles. The zero-order valence-corrected chi connectivity index (χ0v) is 25.2. The molecule has 0 spiro atoms. The fourth-order valence-corrected chi connectivity index (χ4v) is 5.31. The van der Waals surface area contributed by atoms with Crippen molar-refractivity contribution in [1.29, 1.82) is 0 Å². The summed E-state index contributed by atoms with van der Waals surface area (Å²) in [6.07, 6.45) is 0.752. The van der Waals surface area contributed by atoms with Crippen LogP contribution in [0.4, 0.5) is 9.18 Å². The fraction of sp³-hybridized carbons (Fsp3) is 0.250. The summed E-state index contributed by atoms with van der Waals surface area (Å²) in [5.41, 5.74) is 2.99. The molecule has 1 fully saturated rings. The molecule has 0 aliphatic carbocycles. The van der Waals surface area contributed by atoms with Gasteiger partial charge in [-0.2, -0.15) is 0 Å². The molecule has 8 nitrogen and oxygen atoms in total. The van der Waals surface area contributed by atoms with Gasteiger partial charge in [-0.1, -0.05) is 55.5 Å². The lowest BCUT2D eigenvalue weighted by molar-refractivity contribution is -0.133.